The number of rotatable bonds is 3. The molecule has 0 aliphatic heterocycles. The predicted octanol–water partition coefficient (Wildman–Crippen LogP) is 2.72. The lowest BCUT2D eigenvalue weighted by molar-refractivity contribution is -0.274. The third-order valence-electron chi connectivity index (χ3n) is 2.71. The lowest BCUT2D eigenvalue weighted by atomic mass is 10.3. The summed E-state index contributed by atoms with van der Waals surface area (Å²) >= 11 is 0. The second kappa shape index (κ2) is 4.99. The number of ether oxygens (including phenoxy) is 1. The lowest BCUT2D eigenvalue weighted by Crippen LogP contribution is -2.23. The Labute approximate surface area is 108 Å². The van der Waals surface area contributed by atoms with Gasteiger partial charge < -0.3 is 15.8 Å². The molecule has 0 heterocycles. The Morgan fingerprint density at radius 2 is 2.16 bits per heavy atom. The van der Waals surface area contributed by atoms with Gasteiger partial charge in [0.15, 0.2) is 5.96 Å². The summed E-state index contributed by atoms with van der Waals surface area (Å²) in [5.41, 5.74) is 6.06. The summed E-state index contributed by atoms with van der Waals surface area (Å²) < 4.78 is 40.0. The van der Waals surface area contributed by atoms with Crippen molar-refractivity contribution in [3.05, 3.63) is 24.3 Å². The van der Waals surface area contributed by atoms with Crippen molar-refractivity contribution in [2.45, 2.75) is 25.7 Å². The van der Waals surface area contributed by atoms with Gasteiger partial charge in [-0.2, -0.15) is 0 Å². The first kappa shape index (κ1) is 13.5. The molecule has 0 amide bonds. The molecule has 1 saturated carbocycles. The summed E-state index contributed by atoms with van der Waals surface area (Å²) in [5, 5.41) is 2.74. The predicted molar refractivity (Wildman–Crippen MR) is 65.9 cm³/mol. The highest BCUT2D eigenvalue weighted by Crippen LogP contribution is 2.32. The van der Waals surface area contributed by atoms with E-state index in [1.54, 1.807) is 6.07 Å². The fourth-order valence-electron chi connectivity index (χ4n) is 1.61. The quantitative estimate of drug-likeness (QED) is 0.657. The van der Waals surface area contributed by atoms with Gasteiger partial charge in [-0.3, -0.25) is 0 Å². The Morgan fingerprint density at radius 1 is 1.47 bits per heavy atom. The van der Waals surface area contributed by atoms with Crippen molar-refractivity contribution >= 4 is 11.6 Å². The van der Waals surface area contributed by atoms with Crippen LogP contribution < -0.4 is 15.8 Å². The molecule has 2 rings (SSSR count). The number of nitrogens with one attached hydrogen (secondary N) is 1. The minimum Gasteiger partial charge on any atom is -0.406 e. The molecular formula is C12H14F3N3O. The Balaban J connectivity index is 2.00. The third-order valence-corrected chi connectivity index (χ3v) is 2.71. The van der Waals surface area contributed by atoms with E-state index in [1.807, 2.05) is 0 Å². The first-order chi connectivity index (χ1) is 8.83. The van der Waals surface area contributed by atoms with E-state index >= 15 is 0 Å². The number of hydrogen-bond donors (Lipinski definition) is 2. The number of hydrogen-bond acceptors (Lipinski definition) is 2. The maximum Gasteiger partial charge on any atom is 0.573 e. The van der Waals surface area contributed by atoms with Gasteiger partial charge in [0.05, 0.1) is 6.04 Å². The first-order valence-electron chi connectivity index (χ1n) is 5.79. The first-order valence-corrected chi connectivity index (χ1v) is 5.79. The zero-order chi connectivity index (χ0) is 14.0. The van der Waals surface area contributed by atoms with Crippen LogP contribution in [0.5, 0.6) is 5.75 Å². The number of halogens is 3. The van der Waals surface area contributed by atoms with Crippen LogP contribution in [0.15, 0.2) is 29.3 Å². The molecule has 0 saturated heterocycles. The zero-order valence-corrected chi connectivity index (χ0v) is 10.2. The van der Waals surface area contributed by atoms with Crippen molar-refractivity contribution in [1.82, 2.24) is 0 Å². The topological polar surface area (TPSA) is 59.6 Å². The highest BCUT2D eigenvalue weighted by atomic mass is 19.4. The minimum absolute atomic E-state index is 0.193. The Hall–Kier alpha value is -1.92. The monoisotopic (exact) mass is 273 g/mol. The highest BCUT2D eigenvalue weighted by Gasteiger charge is 2.32. The van der Waals surface area contributed by atoms with Crippen LogP contribution in [0.4, 0.5) is 18.9 Å². The molecule has 0 radical (unpaired) electrons. The molecule has 0 spiro atoms. The van der Waals surface area contributed by atoms with E-state index < -0.39 is 6.36 Å². The van der Waals surface area contributed by atoms with Gasteiger partial charge in [0, 0.05) is 11.8 Å². The molecule has 104 valence electrons. The molecule has 4 nitrogen and oxygen atoms in total. The average molecular weight is 273 g/mol. The van der Waals surface area contributed by atoms with Crippen molar-refractivity contribution in [2.24, 2.45) is 16.6 Å². The van der Waals surface area contributed by atoms with E-state index in [0.29, 0.717) is 11.6 Å². The molecule has 3 N–H and O–H groups in total. The van der Waals surface area contributed by atoms with Gasteiger partial charge in [-0.25, -0.2) is 4.99 Å². The molecule has 2 atom stereocenters. The summed E-state index contributed by atoms with van der Waals surface area (Å²) in [6.07, 6.45) is -3.72. The van der Waals surface area contributed by atoms with E-state index in [9.17, 15) is 13.2 Å². The number of nitrogens with two attached hydrogens (primary N) is 1. The standard InChI is InChI=1S/C12H14F3N3O/c1-7-5-10(7)18-11(16)17-8-3-2-4-9(6-8)19-12(13,14)15/h2-4,6-7,10H,5H2,1H3,(H3,16,17,18). The van der Waals surface area contributed by atoms with Crippen LogP contribution >= 0.6 is 0 Å². The Morgan fingerprint density at radius 3 is 2.74 bits per heavy atom. The number of nitrogens with zero attached hydrogens (tertiary/aromatic N) is 1. The molecule has 1 aliphatic rings. The van der Waals surface area contributed by atoms with Crippen LogP contribution in [-0.4, -0.2) is 18.4 Å². The van der Waals surface area contributed by atoms with Crippen molar-refractivity contribution < 1.29 is 17.9 Å². The molecule has 1 aromatic rings. The molecule has 1 fully saturated rings. The number of benzene rings is 1. The number of aliphatic imine (C=N–C) groups is 1. The van der Waals surface area contributed by atoms with Crippen LogP contribution in [0.1, 0.15) is 13.3 Å². The van der Waals surface area contributed by atoms with Crippen molar-refractivity contribution in [3.63, 3.8) is 0 Å². The van der Waals surface area contributed by atoms with Crippen molar-refractivity contribution in [2.75, 3.05) is 5.32 Å². The van der Waals surface area contributed by atoms with Crippen LogP contribution in [0.25, 0.3) is 0 Å². The second-order valence-corrected chi connectivity index (χ2v) is 4.50. The molecule has 1 aromatic carbocycles. The van der Waals surface area contributed by atoms with E-state index in [2.05, 4.69) is 22.0 Å². The van der Waals surface area contributed by atoms with Crippen LogP contribution in [0.3, 0.4) is 0 Å². The van der Waals surface area contributed by atoms with Crippen LogP contribution in [0, 0.1) is 5.92 Å². The van der Waals surface area contributed by atoms with Gasteiger partial charge in [-0.1, -0.05) is 13.0 Å². The van der Waals surface area contributed by atoms with Gasteiger partial charge in [-0.05, 0) is 24.5 Å². The minimum atomic E-state index is -4.71. The largest absolute Gasteiger partial charge is 0.573 e. The summed E-state index contributed by atoms with van der Waals surface area (Å²) in [6.45, 7) is 2.05. The zero-order valence-electron chi connectivity index (χ0n) is 10.2. The fourth-order valence-corrected chi connectivity index (χ4v) is 1.61. The van der Waals surface area contributed by atoms with Crippen LogP contribution in [0.2, 0.25) is 0 Å². The van der Waals surface area contributed by atoms with Gasteiger partial charge >= 0.3 is 6.36 Å². The lowest BCUT2D eigenvalue weighted by Gasteiger charge is -2.11. The van der Waals surface area contributed by atoms with Crippen LogP contribution in [-0.2, 0) is 0 Å². The van der Waals surface area contributed by atoms with E-state index in [0.717, 1.165) is 6.42 Å². The summed E-state index contributed by atoms with van der Waals surface area (Å²) in [4.78, 5) is 4.19. The molecule has 2 unspecified atom stereocenters. The summed E-state index contributed by atoms with van der Waals surface area (Å²) in [5.74, 6) is 0.406. The highest BCUT2D eigenvalue weighted by molar-refractivity contribution is 5.92. The molecule has 1 aliphatic carbocycles. The van der Waals surface area contributed by atoms with E-state index in [1.165, 1.54) is 18.2 Å². The van der Waals surface area contributed by atoms with E-state index in [-0.39, 0.29) is 17.8 Å². The average Bonchev–Trinajstić information content (AvgIpc) is 2.91. The maximum atomic E-state index is 12.1. The maximum absolute atomic E-state index is 12.1. The molecule has 0 bridgehead atoms. The van der Waals surface area contributed by atoms with Gasteiger partial charge in [-0.15, -0.1) is 13.2 Å². The van der Waals surface area contributed by atoms with Crippen molar-refractivity contribution in [3.8, 4) is 5.75 Å². The van der Waals surface area contributed by atoms with Gasteiger partial charge in [0.25, 0.3) is 0 Å². The Kier molecular flexibility index (Phi) is 3.55. The summed E-state index contributed by atoms with van der Waals surface area (Å²) in [7, 11) is 0. The number of alkyl halides is 3. The SMILES string of the molecule is CC1CC1N=C(N)Nc1cccc(OC(F)(F)F)c1. The third kappa shape index (κ3) is 4.35. The smallest absolute Gasteiger partial charge is 0.406 e. The number of anilines is 1. The molecule has 0 aromatic heterocycles. The molecular weight excluding hydrogens is 259 g/mol. The normalized spacial score (nSPS) is 23.1. The molecule has 7 heteroatoms. The van der Waals surface area contributed by atoms with E-state index in [4.69, 9.17) is 5.73 Å². The second-order valence-electron chi connectivity index (χ2n) is 4.50. The number of guanidine groups is 1. The van der Waals surface area contributed by atoms with Crippen molar-refractivity contribution in [1.29, 1.82) is 0 Å². The van der Waals surface area contributed by atoms with Gasteiger partial charge in [0.1, 0.15) is 5.75 Å². The molecule has 19 heavy (non-hydrogen) atoms. The Bertz CT molecular complexity index is 487. The fraction of sp³-hybridized carbons (Fsp3) is 0.417. The van der Waals surface area contributed by atoms with Gasteiger partial charge in [0.2, 0.25) is 0 Å². The summed E-state index contributed by atoms with van der Waals surface area (Å²) in [6, 6.07) is 5.67.